The number of hydrogen-bond acceptors (Lipinski definition) is 5. The lowest BCUT2D eigenvalue weighted by molar-refractivity contribution is -0.139. The molecular weight excluding hydrogens is 150 g/mol. The fourth-order valence-corrected chi connectivity index (χ4v) is 0.902. The van der Waals surface area contributed by atoms with E-state index in [9.17, 15) is 9.59 Å². The first-order chi connectivity index (χ1) is 5.16. The highest BCUT2D eigenvalue weighted by atomic mass is 16.5. The Balaban J connectivity index is 2.85. The smallest absolute Gasteiger partial charge is 0.323 e. The third-order valence-corrected chi connectivity index (χ3v) is 1.49. The topological polar surface area (TPSA) is 76.0 Å². The minimum absolute atomic E-state index is 0.0810. The molecule has 0 saturated carbocycles. The van der Waals surface area contributed by atoms with Crippen LogP contribution in [0.5, 0.6) is 0 Å². The molecule has 1 aliphatic rings. The first-order valence-corrected chi connectivity index (χ1v) is 3.04. The largest absolute Gasteiger partial charge is 0.457 e. The lowest BCUT2D eigenvalue weighted by Gasteiger charge is -1.98. The van der Waals surface area contributed by atoms with E-state index in [-0.39, 0.29) is 18.1 Å². The summed E-state index contributed by atoms with van der Waals surface area (Å²) >= 11 is 0. The highest BCUT2D eigenvalue weighted by Crippen LogP contribution is 2.12. The number of carbonyl (C=O) groups is 2. The lowest BCUT2D eigenvalue weighted by Crippen LogP contribution is -2.23. The molecule has 0 aromatic heterocycles. The van der Waals surface area contributed by atoms with E-state index >= 15 is 0 Å². The van der Waals surface area contributed by atoms with Gasteiger partial charge in [-0.05, 0) is 6.92 Å². The van der Waals surface area contributed by atoms with Gasteiger partial charge in [-0.2, -0.15) is 0 Å². The molecule has 0 spiro atoms. The highest BCUT2D eigenvalue weighted by molar-refractivity contribution is 6.21. The summed E-state index contributed by atoms with van der Waals surface area (Å²) < 4.78 is 4.42. The first kappa shape index (κ1) is 7.71. The number of hydrogen-bond donors (Lipinski definition) is 1. The van der Waals surface area contributed by atoms with Crippen molar-refractivity contribution >= 4 is 17.5 Å². The van der Waals surface area contributed by atoms with Gasteiger partial charge in [0.15, 0.2) is 18.3 Å². The van der Waals surface area contributed by atoms with Gasteiger partial charge >= 0.3 is 5.97 Å². The molecule has 0 amide bonds. The van der Waals surface area contributed by atoms with E-state index in [2.05, 4.69) is 9.89 Å². The molecule has 0 bridgehead atoms. The minimum Gasteiger partial charge on any atom is -0.457 e. The zero-order valence-electron chi connectivity index (χ0n) is 5.90. The van der Waals surface area contributed by atoms with E-state index < -0.39 is 11.9 Å². The summed E-state index contributed by atoms with van der Waals surface area (Å²) in [7, 11) is 0. The molecule has 0 aromatic carbocycles. The second-order valence-electron chi connectivity index (χ2n) is 2.25. The van der Waals surface area contributed by atoms with Crippen molar-refractivity contribution in [3.63, 3.8) is 0 Å². The number of ether oxygens (including phenoxy) is 1. The molecule has 11 heavy (non-hydrogen) atoms. The van der Waals surface area contributed by atoms with E-state index in [1.807, 2.05) is 0 Å². The molecule has 1 saturated heterocycles. The van der Waals surface area contributed by atoms with Crippen molar-refractivity contribution < 1.29 is 19.5 Å². The highest BCUT2D eigenvalue weighted by Gasteiger charge is 2.37. The van der Waals surface area contributed by atoms with Crippen molar-refractivity contribution in [3.05, 3.63) is 0 Å². The Labute approximate surface area is 62.6 Å². The number of carbonyl (C=O) groups excluding carboxylic acids is 2. The Morgan fingerprint density at radius 3 is 2.73 bits per heavy atom. The van der Waals surface area contributed by atoms with Crippen LogP contribution in [-0.4, -0.2) is 29.3 Å². The van der Waals surface area contributed by atoms with Gasteiger partial charge in [0.05, 0.1) is 5.71 Å². The molecule has 0 aromatic rings. The second-order valence-corrected chi connectivity index (χ2v) is 2.25. The SMILES string of the molecule is C/C(=N\O)C1C(=O)COC1=O. The summed E-state index contributed by atoms with van der Waals surface area (Å²) in [6.45, 7) is 1.19. The summed E-state index contributed by atoms with van der Waals surface area (Å²) in [4.78, 5) is 21.6. The summed E-state index contributed by atoms with van der Waals surface area (Å²) in [5.74, 6) is -1.98. The molecule has 1 rings (SSSR count). The van der Waals surface area contributed by atoms with Gasteiger partial charge < -0.3 is 9.94 Å². The maximum atomic E-state index is 10.8. The second kappa shape index (κ2) is 2.69. The van der Waals surface area contributed by atoms with Gasteiger partial charge in [-0.15, -0.1) is 0 Å². The van der Waals surface area contributed by atoms with E-state index in [0.717, 1.165) is 0 Å². The zero-order chi connectivity index (χ0) is 8.43. The standard InChI is InChI=1S/C6H7NO4/c1-3(7-10)5-4(8)2-11-6(5)9/h5,10H,2H2,1H3/b7-3+. The molecule has 1 aliphatic heterocycles. The van der Waals surface area contributed by atoms with Crippen molar-refractivity contribution in [2.45, 2.75) is 6.92 Å². The Morgan fingerprint density at radius 1 is 1.73 bits per heavy atom. The molecule has 0 radical (unpaired) electrons. The number of nitrogens with zero attached hydrogens (tertiary/aromatic N) is 1. The molecular formula is C6H7NO4. The van der Waals surface area contributed by atoms with E-state index in [1.54, 1.807) is 0 Å². The molecule has 60 valence electrons. The van der Waals surface area contributed by atoms with Crippen LogP contribution in [0.25, 0.3) is 0 Å². The van der Waals surface area contributed by atoms with Gasteiger partial charge in [-0.25, -0.2) is 0 Å². The molecule has 1 N–H and O–H groups in total. The van der Waals surface area contributed by atoms with Crippen molar-refractivity contribution in [1.82, 2.24) is 0 Å². The van der Waals surface area contributed by atoms with Gasteiger partial charge in [0, 0.05) is 0 Å². The summed E-state index contributed by atoms with van der Waals surface area (Å²) in [6.07, 6.45) is 0. The molecule has 1 heterocycles. The fraction of sp³-hybridized carbons (Fsp3) is 0.500. The van der Waals surface area contributed by atoms with Crippen LogP contribution in [0, 0.1) is 5.92 Å². The van der Waals surface area contributed by atoms with Crippen LogP contribution in [0.15, 0.2) is 5.16 Å². The van der Waals surface area contributed by atoms with Crippen LogP contribution >= 0.6 is 0 Å². The predicted octanol–water partition coefficient (Wildman–Crippen LogP) is -0.421. The van der Waals surface area contributed by atoms with E-state index in [0.29, 0.717) is 0 Å². The quantitative estimate of drug-likeness (QED) is 0.184. The lowest BCUT2D eigenvalue weighted by atomic mass is 10.0. The Bertz CT molecular complexity index is 217. The fourth-order valence-electron chi connectivity index (χ4n) is 0.902. The third kappa shape index (κ3) is 1.21. The maximum absolute atomic E-state index is 10.8. The minimum atomic E-state index is -0.986. The van der Waals surface area contributed by atoms with E-state index in [1.165, 1.54) is 6.92 Å². The summed E-state index contributed by atoms with van der Waals surface area (Å²) in [5, 5.41) is 11.0. The molecule has 1 fully saturated rings. The van der Waals surface area contributed by atoms with E-state index in [4.69, 9.17) is 5.21 Å². The van der Waals surface area contributed by atoms with Gasteiger partial charge in [0.1, 0.15) is 0 Å². The van der Waals surface area contributed by atoms with Gasteiger partial charge in [0.25, 0.3) is 0 Å². The monoisotopic (exact) mass is 157 g/mol. The average molecular weight is 157 g/mol. The predicted molar refractivity (Wildman–Crippen MR) is 34.4 cm³/mol. The van der Waals surface area contributed by atoms with Gasteiger partial charge in [-0.1, -0.05) is 5.16 Å². The number of ketones is 1. The third-order valence-electron chi connectivity index (χ3n) is 1.49. The molecule has 1 unspecified atom stereocenters. The van der Waals surface area contributed by atoms with Crippen molar-refractivity contribution in [3.8, 4) is 0 Å². The molecule has 1 atom stereocenters. The number of oxime groups is 1. The molecule has 0 aliphatic carbocycles. The molecule has 5 nitrogen and oxygen atoms in total. The van der Waals surface area contributed by atoms with Crippen LogP contribution in [0.3, 0.4) is 0 Å². The van der Waals surface area contributed by atoms with Crippen LogP contribution < -0.4 is 0 Å². The number of Topliss-reactive ketones (excluding diaryl/α,β-unsaturated/α-hetero) is 1. The first-order valence-electron chi connectivity index (χ1n) is 3.04. The Morgan fingerprint density at radius 2 is 2.36 bits per heavy atom. The maximum Gasteiger partial charge on any atom is 0.323 e. The van der Waals surface area contributed by atoms with Crippen LogP contribution in [0.2, 0.25) is 0 Å². The van der Waals surface area contributed by atoms with Crippen molar-refractivity contribution in [2.75, 3.05) is 6.61 Å². The van der Waals surface area contributed by atoms with Crippen molar-refractivity contribution in [2.24, 2.45) is 11.1 Å². The summed E-state index contributed by atoms with van der Waals surface area (Å²) in [5.41, 5.74) is 0.0810. The van der Waals surface area contributed by atoms with Gasteiger partial charge in [-0.3, -0.25) is 9.59 Å². The Kier molecular flexibility index (Phi) is 1.89. The van der Waals surface area contributed by atoms with Gasteiger partial charge in [0.2, 0.25) is 0 Å². The van der Waals surface area contributed by atoms with Crippen LogP contribution in [0.1, 0.15) is 6.92 Å². The zero-order valence-corrected chi connectivity index (χ0v) is 5.90. The number of esters is 1. The Hall–Kier alpha value is -1.39. The van der Waals surface area contributed by atoms with Crippen LogP contribution in [-0.2, 0) is 14.3 Å². The van der Waals surface area contributed by atoms with Crippen molar-refractivity contribution in [1.29, 1.82) is 0 Å². The number of rotatable bonds is 1. The normalized spacial score (nSPS) is 25.5. The average Bonchev–Trinajstić information content (AvgIpc) is 2.30. The summed E-state index contributed by atoms with van der Waals surface area (Å²) in [6, 6.07) is 0. The number of cyclic esters (lactones) is 1. The van der Waals surface area contributed by atoms with Crippen LogP contribution in [0.4, 0.5) is 0 Å². The molecule has 5 heteroatoms.